The fourth-order valence-corrected chi connectivity index (χ4v) is 5.81. The lowest BCUT2D eigenvalue weighted by Crippen LogP contribution is -2.55. The molecular formula is C22H21N3O2S. The minimum atomic E-state index is -0.435. The standard InChI is InChI=1S/C22H21N3O2S/c1-13-20-19(7-8-26-13)27-18-6-5-16(15-4-2-3-14(9-15)11-23)10-17(18)22(20)12-28-21(24)25-22/h2-6,9-10,13,19-20H,7-8,12H2,1H3,(H2,24,25)/t13-,19-,20-,22+/m1/s1. The van der Waals surface area contributed by atoms with Gasteiger partial charge >= 0.3 is 0 Å². The molecule has 2 N–H and O–H groups in total. The van der Waals surface area contributed by atoms with Crippen LogP contribution < -0.4 is 10.5 Å². The van der Waals surface area contributed by atoms with E-state index >= 15 is 0 Å². The van der Waals surface area contributed by atoms with Gasteiger partial charge in [-0.25, -0.2) is 4.99 Å². The van der Waals surface area contributed by atoms with Gasteiger partial charge in [-0.2, -0.15) is 5.26 Å². The van der Waals surface area contributed by atoms with Crippen LogP contribution in [0.4, 0.5) is 0 Å². The topological polar surface area (TPSA) is 80.6 Å². The fraction of sp³-hybridized carbons (Fsp3) is 0.364. The fourth-order valence-electron chi connectivity index (χ4n) is 4.80. The number of rotatable bonds is 1. The number of amidine groups is 1. The normalized spacial score (nSPS) is 30.7. The second-order valence-electron chi connectivity index (χ2n) is 7.61. The number of fused-ring (bicyclic) bond motifs is 4. The third-order valence-corrected chi connectivity index (χ3v) is 7.01. The average Bonchev–Trinajstić information content (AvgIpc) is 3.10. The van der Waals surface area contributed by atoms with Crippen LogP contribution in [0, 0.1) is 17.2 Å². The maximum Gasteiger partial charge on any atom is 0.154 e. The summed E-state index contributed by atoms with van der Waals surface area (Å²) < 4.78 is 12.4. The Kier molecular flexibility index (Phi) is 4.11. The predicted octanol–water partition coefficient (Wildman–Crippen LogP) is 3.67. The van der Waals surface area contributed by atoms with Crippen molar-refractivity contribution in [3.63, 3.8) is 0 Å². The lowest BCUT2D eigenvalue weighted by molar-refractivity contribution is -0.108. The SMILES string of the molecule is C[C@H]1OCC[C@H]2Oc3ccc(-c4cccc(C#N)c4)cc3[C@@]3(CSC(N)=N3)[C@H]12. The number of nitriles is 1. The Morgan fingerprint density at radius 3 is 2.89 bits per heavy atom. The van der Waals surface area contributed by atoms with Crippen LogP contribution in [0.5, 0.6) is 5.75 Å². The molecule has 28 heavy (non-hydrogen) atoms. The minimum Gasteiger partial charge on any atom is -0.489 e. The van der Waals surface area contributed by atoms with Crippen LogP contribution in [-0.2, 0) is 10.3 Å². The molecule has 3 heterocycles. The first-order valence-electron chi connectivity index (χ1n) is 9.52. The van der Waals surface area contributed by atoms with Gasteiger partial charge in [-0.05, 0) is 42.3 Å². The summed E-state index contributed by atoms with van der Waals surface area (Å²) in [6.45, 7) is 2.82. The van der Waals surface area contributed by atoms with Crippen LogP contribution in [0.25, 0.3) is 11.1 Å². The first-order valence-corrected chi connectivity index (χ1v) is 10.5. The highest BCUT2D eigenvalue weighted by molar-refractivity contribution is 8.14. The van der Waals surface area contributed by atoms with Crippen molar-refractivity contribution in [3.05, 3.63) is 53.6 Å². The first-order chi connectivity index (χ1) is 13.6. The zero-order valence-corrected chi connectivity index (χ0v) is 16.4. The summed E-state index contributed by atoms with van der Waals surface area (Å²) in [4.78, 5) is 4.97. The van der Waals surface area contributed by atoms with Gasteiger partial charge in [-0.1, -0.05) is 30.0 Å². The molecule has 5 rings (SSSR count). The van der Waals surface area contributed by atoms with E-state index in [4.69, 9.17) is 20.2 Å². The Bertz CT molecular complexity index is 1020. The molecule has 142 valence electrons. The summed E-state index contributed by atoms with van der Waals surface area (Å²) in [5.41, 5.74) is 9.49. The van der Waals surface area contributed by atoms with Crippen LogP contribution in [0.15, 0.2) is 47.5 Å². The summed E-state index contributed by atoms with van der Waals surface area (Å²) in [5.74, 6) is 1.81. The highest BCUT2D eigenvalue weighted by Crippen LogP contribution is 2.54. The summed E-state index contributed by atoms with van der Waals surface area (Å²) >= 11 is 1.61. The van der Waals surface area contributed by atoms with Crippen molar-refractivity contribution in [3.8, 4) is 22.9 Å². The lowest BCUT2D eigenvalue weighted by atomic mass is 9.70. The molecule has 0 radical (unpaired) electrons. The molecule has 0 aromatic heterocycles. The molecule has 1 fully saturated rings. The number of ether oxygens (including phenoxy) is 2. The van der Waals surface area contributed by atoms with E-state index in [2.05, 4.69) is 25.1 Å². The molecule has 2 aromatic rings. The van der Waals surface area contributed by atoms with E-state index < -0.39 is 5.54 Å². The van der Waals surface area contributed by atoms with E-state index in [1.165, 1.54) is 0 Å². The van der Waals surface area contributed by atoms with E-state index in [1.807, 2.05) is 30.3 Å². The van der Waals surface area contributed by atoms with E-state index in [1.54, 1.807) is 11.8 Å². The van der Waals surface area contributed by atoms with Crippen molar-refractivity contribution >= 4 is 16.9 Å². The number of benzene rings is 2. The molecule has 0 saturated carbocycles. The van der Waals surface area contributed by atoms with Gasteiger partial charge in [-0.3, -0.25) is 0 Å². The smallest absolute Gasteiger partial charge is 0.154 e. The molecule has 1 saturated heterocycles. The minimum absolute atomic E-state index is 0.0488. The van der Waals surface area contributed by atoms with Crippen molar-refractivity contribution in [1.29, 1.82) is 5.26 Å². The molecule has 0 aliphatic carbocycles. The van der Waals surface area contributed by atoms with Crippen LogP contribution in [0.1, 0.15) is 24.5 Å². The van der Waals surface area contributed by atoms with Crippen LogP contribution >= 0.6 is 11.8 Å². The Hall–Kier alpha value is -2.49. The molecule has 0 bridgehead atoms. The van der Waals surface area contributed by atoms with Gasteiger partial charge in [0, 0.05) is 17.7 Å². The third kappa shape index (κ3) is 2.61. The summed E-state index contributed by atoms with van der Waals surface area (Å²) in [6.07, 6.45) is 0.995. The van der Waals surface area contributed by atoms with E-state index in [9.17, 15) is 5.26 Å². The predicted molar refractivity (Wildman–Crippen MR) is 110 cm³/mol. The molecule has 0 amide bonds. The van der Waals surface area contributed by atoms with Crippen molar-refractivity contribution in [2.24, 2.45) is 16.6 Å². The van der Waals surface area contributed by atoms with E-state index in [0.29, 0.717) is 17.3 Å². The molecule has 1 spiro atoms. The number of thioether (sulfide) groups is 1. The van der Waals surface area contributed by atoms with Crippen LogP contribution in [0.3, 0.4) is 0 Å². The average molecular weight is 391 g/mol. The van der Waals surface area contributed by atoms with Gasteiger partial charge < -0.3 is 15.2 Å². The van der Waals surface area contributed by atoms with E-state index in [-0.39, 0.29) is 18.1 Å². The molecule has 3 aliphatic heterocycles. The summed E-state index contributed by atoms with van der Waals surface area (Å²) in [6, 6.07) is 16.1. The number of hydrogen-bond acceptors (Lipinski definition) is 6. The number of hydrogen-bond donors (Lipinski definition) is 1. The van der Waals surface area contributed by atoms with Gasteiger partial charge in [0.25, 0.3) is 0 Å². The lowest BCUT2D eigenvalue weighted by Gasteiger charge is -2.49. The number of nitrogens with zero attached hydrogens (tertiary/aromatic N) is 2. The molecule has 4 atom stereocenters. The van der Waals surface area contributed by atoms with Gasteiger partial charge in [0.2, 0.25) is 0 Å². The Balaban J connectivity index is 1.68. The van der Waals surface area contributed by atoms with Crippen molar-refractivity contribution in [1.82, 2.24) is 0 Å². The maximum atomic E-state index is 9.24. The van der Waals surface area contributed by atoms with Crippen LogP contribution in [0.2, 0.25) is 0 Å². The highest BCUT2D eigenvalue weighted by Gasteiger charge is 2.56. The van der Waals surface area contributed by atoms with Crippen molar-refractivity contribution in [2.75, 3.05) is 12.4 Å². The third-order valence-electron chi connectivity index (χ3n) is 6.04. The molecule has 2 aromatic carbocycles. The second kappa shape index (κ2) is 6.54. The monoisotopic (exact) mass is 391 g/mol. The van der Waals surface area contributed by atoms with E-state index in [0.717, 1.165) is 34.6 Å². The molecule has 6 heteroatoms. The summed E-state index contributed by atoms with van der Waals surface area (Å²) in [7, 11) is 0. The van der Waals surface area contributed by atoms with Crippen molar-refractivity contribution in [2.45, 2.75) is 31.1 Å². The molecule has 0 unspecified atom stereocenters. The Morgan fingerprint density at radius 1 is 1.25 bits per heavy atom. The van der Waals surface area contributed by atoms with Gasteiger partial charge in [0.1, 0.15) is 17.4 Å². The largest absolute Gasteiger partial charge is 0.489 e. The molecule has 5 nitrogen and oxygen atoms in total. The maximum absolute atomic E-state index is 9.24. The first kappa shape index (κ1) is 17.6. The Morgan fingerprint density at radius 2 is 2.11 bits per heavy atom. The molecule has 3 aliphatic rings. The zero-order valence-electron chi connectivity index (χ0n) is 15.6. The van der Waals surface area contributed by atoms with Crippen molar-refractivity contribution < 1.29 is 9.47 Å². The number of nitrogens with two attached hydrogens (primary N) is 1. The highest BCUT2D eigenvalue weighted by atomic mass is 32.2. The van der Waals surface area contributed by atoms with Gasteiger partial charge in [-0.15, -0.1) is 0 Å². The van der Waals surface area contributed by atoms with Crippen LogP contribution in [-0.4, -0.2) is 29.7 Å². The number of aliphatic imine (C=N–C) groups is 1. The Labute approximate surface area is 168 Å². The molecular weight excluding hydrogens is 370 g/mol. The van der Waals surface area contributed by atoms with Gasteiger partial charge in [0.05, 0.1) is 30.3 Å². The second-order valence-corrected chi connectivity index (χ2v) is 8.61. The zero-order chi connectivity index (χ0) is 19.3. The quantitative estimate of drug-likeness (QED) is 0.802. The summed E-state index contributed by atoms with van der Waals surface area (Å²) in [5, 5.41) is 9.86. The van der Waals surface area contributed by atoms with Gasteiger partial charge in [0.15, 0.2) is 5.17 Å².